The third kappa shape index (κ3) is 21.8. The molecule has 20 heavy (non-hydrogen) atoms. The molecule has 0 aromatic heterocycles. The van der Waals surface area contributed by atoms with Crippen molar-refractivity contribution in [1.82, 2.24) is 5.32 Å². The number of carboxylic acids is 1. The summed E-state index contributed by atoms with van der Waals surface area (Å²) < 4.78 is 9.39. The normalized spacial score (nSPS) is 14.8. The molecule has 1 heterocycles. The predicted octanol–water partition coefficient (Wildman–Crippen LogP) is -0.886. The van der Waals surface area contributed by atoms with Crippen LogP contribution in [-0.4, -0.2) is 66.5 Å². The van der Waals surface area contributed by atoms with E-state index >= 15 is 0 Å². The van der Waals surface area contributed by atoms with Gasteiger partial charge in [0.15, 0.2) is 6.23 Å². The van der Waals surface area contributed by atoms with Crippen LogP contribution >= 0.6 is 0 Å². The lowest BCUT2D eigenvalue weighted by atomic mass is 10.5. The zero-order valence-corrected chi connectivity index (χ0v) is 11.6. The van der Waals surface area contributed by atoms with E-state index in [4.69, 9.17) is 20.1 Å². The van der Waals surface area contributed by atoms with Crippen molar-refractivity contribution in [2.75, 3.05) is 33.0 Å². The molecule has 8 nitrogen and oxygen atoms in total. The quantitative estimate of drug-likeness (QED) is 0.205. The standard InChI is InChI=1S/C5H9NO2.C4H10O3.C3H4O2/c1-2-5(7)8-4-3-6-4;5-1-3-7-4-2-6;1-2-3(4)5/h4,6H,2-3H2,1H3;5-6H,1-4H2;2H,1H2,(H,4,5). The van der Waals surface area contributed by atoms with E-state index in [9.17, 15) is 9.59 Å². The minimum absolute atomic E-state index is 0.0278. The average molecular weight is 293 g/mol. The highest BCUT2D eigenvalue weighted by Crippen LogP contribution is 1.99. The molecule has 1 aliphatic rings. The Hall–Kier alpha value is -1.48. The van der Waals surface area contributed by atoms with E-state index in [0.717, 1.165) is 12.6 Å². The van der Waals surface area contributed by atoms with Gasteiger partial charge in [0, 0.05) is 19.0 Å². The highest BCUT2D eigenvalue weighted by molar-refractivity contribution is 5.78. The van der Waals surface area contributed by atoms with Crippen LogP contribution in [0.4, 0.5) is 0 Å². The van der Waals surface area contributed by atoms with Gasteiger partial charge in [-0.15, -0.1) is 0 Å². The highest BCUT2D eigenvalue weighted by Gasteiger charge is 2.23. The van der Waals surface area contributed by atoms with Crippen molar-refractivity contribution in [3.05, 3.63) is 12.7 Å². The molecular formula is C12H23NO7. The molecule has 1 unspecified atom stereocenters. The van der Waals surface area contributed by atoms with Crippen LogP contribution < -0.4 is 5.32 Å². The Labute approximate surface area is 118 Å². The molecule has 8 heteroatoms. The molecule has 0 spiro atoms. The SMILES string of the molecule is C=CC(=O)O.CCC(=O)OC1CN1.OCCOCCO. The van der Waals surface area contributed by atoms with E-state index < -0.39 is 5.97 Å². The summed E-state index contributed by atoms with van der Waals surface area (Å²) >= 11 is 0. The molecule has 0 amide bonds. The van der Waals surface area contributed by atoms with Gasteiger partial charge < -0.3 is 24.8 Å². The van der Waals surface area contributed by atoms with Crippen LogP contribution in [0.2, 0.25) is 0 Å². The zero-order chi connectivity index (χ0) is 15.8. The lowest BCUT2D eigenvalue weighted by molar-refractivity contribution is -0.144. The number of hydrogen-bond acceptors (Lipinski definition) is 7. The van der Waals surface area contributed by atoms with Gasteiger partial charge in [-0.25, -0.2) is 4.79 Å². The minimum atomic E-state index is -0.981. The smallest absolute Gasteiger partial charge is 0.327 e. The van der Waals surface area contributed by atoms with Crippen LogP contribution in [0, 0.1) is 0 Å². The lowest BCUT2D eigenvalue weighted by Crippen LogP contribution is -2.06. The van der Waals surface area contributed by atoms with Crippen LogP contribution in [0.1, 0.15) is 13.3 Å². The Morgan fingerprint density at radius 1 is 1.35 bits per heavy atom. The number of ether oxygens (including phenoxy) is 2. The second-order valence-corrected chi connectivity index (χ2v) is 3.34. The zero-order valence-electron chi connectivity index (χ0n) is 11.6. The largest absolute Gasteiger partial charge is 0.478 e. The average Bonchev–Trinajstić information content (AvgIpc) is 3.24. The van der Waals surface area contributed by atoms with Gasteiger partial charge in [0.1, 0.15) is 0 Å². The summed E-state index contributed by atoms with van der Waals surface area (Å²) in [5.74, 6) is -1.11. The van der Waals surface area contributed by atoms with E-state index in [1.54, 1.807) is 6.92 Å². The Balaban J connectivity index is 0. The fourth-order valence-corrected chi connectivity index (χ4v) is 0.605. The van der Waals surface area contributed by atoms with Crippen molar-refractivity contribution in [3.63, 3.8) is 0 Å². The van der Waals surface area contributed by atoms with Crippen molar-refractivity contribution in [3.8, 4) is 0 Å². The van der Waals surface area contributed by atoms with Crippen molar-refractivity contribution < 1.29 is 34.4 Å². The van der Waals surface area contributed by atoms with Gasteiger partial charge in [-0.1, -0.05) is 13.5 Å². The number of carboxylic acid groups (broad SMARTS) is 1. The summed E-state index contributed by atoms with van der Waals surface area (Å²) in [4.78, 5) is 19.6. The Kier molecular flexibility index (Phi) is 16.2. The Morgan fingerprint density at radius 3 is 2.05 bits per heavy atom. The number of nitrogens with one attached hydrogen (secondary N) is 1. The van der Waals surface area contributed by atoms with Crippen LogP contribution in [0.3, 0.4) is 0 Å². The van der Waals surface area contributed by atoms with Crippen LogP contribution in [0.15, 0.2) is 12.7 Å². The molecule has 4 N–H and O–H groups in total. The van der Waals surface area contributed by atoms with Crippen molar-refractivity contribution in [1.29, 1.82) is 0 Å². The predicted molar refractivity (Wildman–Crippen MR) is 71.0 cm³/mol. The number of rotatable bonds is 7. The number of carbonyl (C=O) groups is 2. The van der Waals surface area contributed by atoms with E-state index in [1.165, 1.54) is 0 Å². The Bertz CT molecular complexity index is 263. The molecule has 118 valence electrons. The molecule has 0 aromatic rings. The van der Waals surface area contributed by atoms with Gasteiger partial charge >= 0.3 is 11.9 Å². The monoisotopic (exact) mass is 293 g/mol. The number of aliphatic carboxylic acids is 1. The van der Waals surface area contributed by atoms with Crippen molar-refractivity contribution in [2.45, 2.75) is 19.6 Å². The maximum absolute atomic E-state index is 10.4. The molecule has 1 atom stereocenters. The van der Waals surface area contributed by atoms with Gasteiger partial charge in [0.25, 0.3) is 0 Å². The first-order valence-electron chi connectivity index (χ1n) is 6.09. The summed E-state index contributed by atoms with van der Waals surface area (Å²) in [7, 11) is 0. The summed E-state index contributed by atoms with van der Waals surface area (Å²) in [6.07, 6.45) is 1.33. The maximum Gasteiger partial charge on any atom is 0.327 e. The topological polar surface area (TPSA) is 135 Å². The number of aliphatic hydroxyl groups excluding tert-OH is 2. The molecule has 1 aliphatic heterocycles. The Morgan fingerprint density at radius 2 is 1.80 bits per heavy atom. The number of carbonyl (C=O) groups excluding carboxylic acids is 1. The first kappa shape index (κ1) is 20.8. The highest BCUT2D eigenvalue weighted by atomic mass is 16.6. The lowest BCUT2D eigenvalue weighted by Gasteiger charge is -1.95. The third-order valence-corrected chi connectivity index (χ3v) is 1.58. The minimum Gasteiger partial charge on any atom is -0.478 e. The number of esters is 1. The van der Waals surface area contributed by atoms with Gasteiger partial charge in [-0.2, -0.15) is 0 Å². The number of hydrogen-bond donors (Lipinski definition) is 4. The second kappa shape index (κ2) is 15.6. The van der Waals surface area contributed by atoms with Crippen molar-refractivity contribution >= 4 is 11.9 Å². The van der Waals surface area contributed by atoms with E-state index in [2.05, 4.69) is 16.6 Å². The van der Waals surface area contributed by atoms with E-state index in [-0.39, 0.29) is 25.4 Å². The fraction of sp³-hybridized carbons (Fsp3) is 0.667. The van der Waals surface area contributed by atoms with Gasteiger partial charge in [-0.05, 0) is 0 Å². The van der Waals surface area contributed by atoms with Gasteiger partial charge in [-0.3, -0.25) is 10.1 Å². The molecule has 0 radical (unpaired) electrons. The molecule has 1 rings (SSSR count). The number of aliphatic hydroxyl groups is 2. The second-order valence-electron chi connectivity index (χ2n) is 3.34. The molecule has 0 saturated carbocycles. The molecule has 1 saturated heterocycles. The first-order chi connectivity index (χ1) is 9.51. The summed E-state index contributed by atoms with van der Waals surface area (Å²) in [5, 5.41) is 26.6. The maximum atomic E-state index is 10.4. The molecular weight excluding hydrogens is 270 g/mol. The van der Waals surface area contributed by atoms with Crippen LogP contribution in [0.25, 0.3) is 0 Å². The van der Waals surface area contributed by atoms with Crippen LogP contribution in [-0.2, 0) is 19.1 Å². The molecule has 1 fully saturated rings. The van der Waals surface area contributed by atoms with Gasteiger partial charge in [0.2, 0.25) is 0 Å². The molecule has 0 aliphatic carbocycles. The van der Waals surface area contributed by atoms with Crippen molar-refractivity contribution in [2.24, 2.45) is 0 Å². The van der Waals surface area contributed by atoms with E-state index in [0.29, 0.717) is 19.6 Å². The van der Waals surface area contributed by atoms with E-state index in [1.807, 2.05) is 0 Å². The summed E-state index contributed by atoms with van der Waals surface area (Å²) in [5.41, 5.74) is 0. The third-order valence-electron chi connectivity index (χ3n) is 1.58. The summed E-state index contributed by atoms with van der Waals surface area (Å²) in [6.45, 7) is 6.26. The van der Waals surface area contributed by atoms with Gasteiger partial charge in [0.05, 0.1) is 26.4 Å². The first-order valence-corrected chi connectivity index (χ1v) is 6.09. The van der Waals surface area contributed by atoms with Crippen LogP contribution in [0.5, 0.6) is 0 Å². The molecule has 0 aromatic carbocycles. The molecule has 0 bridgehead atoms. The fourth-order valence-electron chi connectivity index (χ4n) is 0.605. The summed E-state index contributed by atoms with van der Waals surface area (Å²) in [6, 6.07) is 0.